The molecule has 158 valence electrons. The van der Waals surface area contributed by atoms with Crippen molar-refractivity contribution in [3.8, 4) is 0 Å². The lowest BCUT2D eigenvalue weighted by atomic mass is 10.2. The van der Waals surface area contributed by atoms with E-state index in [0.717, 1.165) is 0 Å². The Bertz CT molecular complexity index is 1380. The molecule has 0 saturated heterocycles. The fourth-order valence-corrected chi connectivity index (χ4v) is 5.29. The highest BCUT2D eigenvalue weighted by molar-refractivity contribution is 7.90. The maximum atomic E-state index is 13.8. The predicted molar refractivity (Wildman–Crippen MR) is 119 cm³/mol. The topological polar surface area (TPSA) is 68.2 Å². The number of amides is 1. The van der Waals surface area contributed by atoms with Gasteiger partial charge in [0.05, 0.1) is 16.3 Å². The van der Waals surface area contributed by atoms with Crippen LogP contribution in [-0.2, 0) is 26.9 Å². The molecule has 1 heterocycles. The highest BCUT2D eigenvalue weighted by atomic mass is 35.5. The fourth-order valence-electron chi connectivity index (χ4n) is 3.40. The van der Waals surface area contributed by atoms with Gasteiger partial charge in [-0.2, -0.15) is 0 Å². The molecule has 0 aliphatic heterocycles. The molecule has 1 aromatic heterocycles. The van der Waals surface area contributed by atoms with Crippen molar-refractivity contribution in [3.05, 3.63) is 95.4 Å². The van der Waals surface area contributed by atoms with Crippen molar-refractivity contribution in [1.82, 2.24) is 4.57 Å². The van der Waals surface area contributed by atoms with Crippen LogP contribution in [0.25, 0.3) is 10.9 Å². The number of para-hydroxylation sites is 2. The van der Waals surface area contributed by atoms with E-state index in [1.54, 1.807) is 59.2 Å². The third-order valence-corrected chi connectivity index (χ3v) is 6.91. The number of aromatic nitrogens is 1. The number of hydrogen-bond acceptors (Lipinski definition) is 3. The Hall–Kier alpha value is -3.16. The van der Waals surface area contributed by atoms with Gasteiger partial charge in [0.15, 0.2) is 9.84 Å². The van der Waals surface area contributed by atoms with E-state index in [9.17, 15) is 17.6 Å². The summed E-state index contributed by atoms with van der Waals surface area (Å²) in [6, 6.07) is 19.6. The molecule has 1 amide bonds. The SMILES string of the molecule is O=C(Cn1cc(S(=O)(=O)Cc2ccccc2Cl)c2ccccc21)Nc1ccccc1F. The van der Waals surface area contributed by atoms with Crippen LogP contribution in [0.3, 0.4) is 0 Å². The second-order valence-corrected chi connectivity index (χ2v) is 9.38. The van der Waals surface area contributed by atoms with Crippen molar-refractivity contribution in [2.45, 2.75) is 17.2 Å². The quantitative estimate of drug-likeness (QED) is 0.441. The molecule has 0 fully saturated rings. The molecule has 8 heteroatoms. The van der Waals surface area contributed by atoms with Crippen LogP contribution in [0.2, 0.25) is 5.02 Å². The maximum absolute atomic E-state index is 13.8. The number of halogens is 2. The largest absolute Gasteiger partial charge is 0.337 e. The van der Waals surface area contributed by atoms with Crippen molar-refractivity contribution in [3.63, 3.8) is 0 Å². The molecule has 0 unspecified atom stereocenters. The van der Waals surface area contributed by atoms with Crippen LogP contribution >= 0.6 is 11.6 Å². The molecule has 1 N–H and O–H groups in total. The van der Waals surface area contributed by atoms with Crippen LogP contribution in [0.4, 0.5) is 10.1 Å². The van der Waals surface area contributed by atoms with Gasteiger partial charge in [0, 0.05) is 22.1 Å². The van der Waals surface area contributed by atoms with E-state index in [0.29, 0.717) is 21.5 Å². The molecule has 0 aliphatic rings. The van der Waals surface area contributed by atoms with E-state index in [2.05, 4.69) is 5.32 Å². The Morgan fingerprint density at radius 2 is 1.65 bits per heavy atom. The summed E-state index contributed by atoms with van der Waals surface area (Å²) in [5, 5.41) is 3.40. The van der Waals surface area contributed by atoms with E-state index >= 15 is 0 Å². The van der Waals surface area contributed by atoms with Gasteiger partial charge in [0.1, 0.15) is 12.4 Å². The van der Waals surface area contributed by atoms with E-state index < -0.39 is 21.6 Å². The second-order valence-electron chi connectivity index (χ2n) is 7.02. The number of carbonyl (C=O) groups excluding carboxylic acids is 1. The van der Waals surface area contributed by atoms with Crippen molar-refractivity contribution >= 4 is 43.9 Å². The Labute approximate surface area is 184 Å². The Morgan fingerprint density at radius 1 is 0.968 bits per heavy atom. The number of carbonyl (C=O) groups is 1. The predicted octanol–water partition coefficient (Wildman–Crippen LogP) is 5.05. The van der Waals surface area contributed by atoms with Crippen LogP contribution in [0.1, 0.15) is 5.56 Å². The molecule has 5 nitrogen and oxygen atoms in total. The van der Waals surface area contributed by atoms with Gasteiger partial charge in [0.25, 0.3) is 0 Å². The Morgan fingerprint density at radius 3 is 2.42 bits per heavy atom. The standard InChI is InChI=1S/C23H18ClFN2O3S/c24-18-9-3-1-7-16(18)15-31(29,30)22-13-27(21-12-6-2-8-17(21)22)14-23(28)26-20-11-5-4-10-19(20)25/h1-13H,14-15H2,(H,26,28). The highest BCUT2D eigenvalue weighted by Gasteiger charge is 2.23. The van der Waals surface area contributed by atoms with Crippen LogP contribution in [0.15, 0.2) is 83.9 Å². The zero-order valence-corrected chi connectivity index (χ0v) is 17.8. The smallest absolute Gasteiger partial charge is 0.244 e. The molecule has 0 bridgehead atoms. The molecule has 0 saturated carbocycles. The summed E-state index contributed by atoms with van der Waals surface area (Å²) in [4.78, 5) is 12.6. The summed E-state index contributed by atoms with van der Waals surface area (Å²) >= 11 is 6.15. The molecular formula is C23H18ClFN2O3S. The molecule has 0 radical (unpaired) electrons. The minimum Gasteiger partial charge on any atom is -0.337 e. The number of nitrogens with one attached hydrogen (secondary N) is 1. The van der Waals surface area contributed by atoms with Gasteiger partial charge in [-0.05, 0) is 29.8 Å². The first-order valence-electron chi connectivity index (χ1n) is 9.43. The van der Waals surface area contributed by atoms with Gasteiger partial charge >= 0.3 is 0 Å². The summed E-state index contributed by atoms with van der Waals surface area (Å²) in [6.07, 6.45) is 1.44. The molecule has 31 heavy (non-hydrogen) atoms. The van der Waals surface area contributed by atoms with Crippen LogP contribution in [0, 0.1) is 5.82 Å². The summed E-state index contributed by atoms with van der Waals surface area (Å²) in [5.41, 5.74) is 1.15. The van der Waals surface area contributed by atoms with Crippen LogP contribution in [0.5, 0.6) is 0 Å². The van der Waals surface area contributed by atoms with Gasteiger partial charge in [-0.15, -0.1) is 0 Å². The Kier molecular flexibility index (Phi) is 5.80. The van der Waals surface area contributed by atoms with Crippen LogP contribution in [-0.4, -0.2) is 18.9 Å². The molecule has 3 aromatic carbocycles. The fraction of sp³-hybridized carbons (Fsp3) is 0.0870. The lowest BCUT2D eigenvalue weighted by molar-refractivity contribution is -0.116. The van der Waals surface area contributed by atoms with Crippen LogP contribution < -0.4 is 5.32 Å². The van der Waals surface area contributed by atoms with Gasteiger partial charge in [0.2, 0.25) is 5.91 Å². The number of sulfone groups is 1. The summed E-state index contributed by atoms with van der Waals surface area (Å²) in [7, 11) is -3.74. The van der Waals surface area contributed by atoms with E-state index in [1.807, 2.05) is 0 Å². The molecule has 4 aromatic rings. The van der Waals surface area contributed by atoms with Gasteiger partial charge < -0.3 is 9.88 Å². The average molecular weight is 457 g/mol. The van der Waals surface area contributed by atoms with E-state index in [-0.39, 0.29) is 22.9 Å². The van der Waals surface area contributed by atoms with Gasteiger partial charge in [-0.1, -0.05) is 60.1 Å². The first kappa shape index (κ1) is 21.1. The maximum Gasteiger partial charge on any atom is 0.244 e. The first-order chi connectivity index (χ1) is 14.8. The Balaban J connectivity index is 1.67. The van der Waals surface area contributed by atoms with E-state index in [4.69, 9.17) is 11.6 Å². The lowest BCUT2D eigenvalue weighted by Crippen LogP contribution is -2.19. The number of anilines is 1. The monoisotopic (exact) mass is 456 g/mol. The molecule has 0 atom stereocenters. The first-order valence-corrected chi connectivity index (χ1v) is 11.5. The summed E-state index contributed by atoms with van der Waals surface area (Å²) in [5.74, 6) is -1.28. The van der Waals surface area contributed by atoms with Crippen molar-refractivity contribution in [1.29, 1.82) is 0 Å². The minimum atomic E-state index is -3.74. The average Bonchev–Trinajstić information content (AvgIpc) is 3.11. The normalized spacial score (nSPS) is 11.5. The number of nitrogens with zero attached hydrogens (tertiary/aromatic N) is 1. The third-order valence-electron chi connectivity index (χ3n) is 4.85. The zero-order valence-electron chi connectivity index (χ0n) is 16.3. The van der Waals surface area contributed by atoms with Gasteiger partial charge in [-0.25, -0.2) is 12.8 Å². The second kappa shape index (κ2) is 8.53. The molecule has 0 spiro atoms. The number of benzene rings is 3. The van der Waals surface area contributed by atoms with Crippen molar-refractivity contribution in [2.24, 2.45) is 0 Å². The summed E-state index contributed by atoms with van der Waals surface area (Å²) in [6.45, 7) is -0.170. The van der Waals surface area contributed by atoms with Crippen molar-refractivity contribution < 1.29 is 17.6 Å². The highest BCUT2D eigenvalue weighted by Crippen LogP contribution is 2.29. The molecule has 0 aliphatic carbocycles. The van der Waals surface area contributed by atoms with Gasteiger partial charge in [-0.3, -0.25) is 4.79 Å². The third kappa shape index (κ3) is 4.47. The number of rotatable bonds is 6. The number of hydrogen-bond donors (Lipinski definition) is 1. The molecular weight excluding hydrogens is 439 g/mol. The minimum absolute atomic E-state index is 0.0653. The lowest BCUT2D eigenvalue weighted by Gasteiger charge is -2.08. The summed E-state index contributed by atoms with van der Waals surface area (Å²) < 4.78 is 41.7. The van der Waals surface area contributed by atoms with Crippen molar-refractivity contribution in [2.75, 3.05) is 5.32 Å². The molecule has 4 rings (SSSR count). The van der Waals surface area contributed by atoms with E-state index in [1.165, 1.54) is 24.4 Å². The number of fused-ring (bicyclic) bond motifs is 1. The zero-order chi connectivity index (χ0) is 22.0.